The van der Waals surface area contributed by atoms with Crippen LogP contribution in [0.1, 0.15) is 0 Å². The van der Waals surface area contributed by atoms with Crippen LogP contribution in [0.5, 0.6) is 0 Å². The fraction of sp³-hybridized carbons (Fsp3) is 0.800. The van der Waals surface area contributed by atoms with Gasteiger partial charge in [-0.3, -0.25) is 4.79 Å². The number of carbonyl (C=O) groups excluding carboxylic acids is 1. The van der Waals surface area contributed by atoms with Crippen LogP contribution in [-0.4, -0.2) is 27.7 Å². The van der Waals surface area contributed by atoms with E-state index in [1.165, 1.54) is 0 Å². The van der Waals surface area contributed by atoms with E-state index < -0.39 is 27.7 Å². The Bertz CT molecular complexity index is 293. The molecule has 0 saturated heterocycles. The second-order valence-electron chi connectivity index (χ2n) is 2.49. The van der Waals surface area contributed by atoms with E-state index in [-0.39, 0.29) is 22.6 Å². The molecule has 0 heterocycles. The van der Waals surface area contributed by atoms with E-state index in [2.05, 4.69) is 0 Å². The first-order chi connectivity index (χ1) is 6.69. The Labute approximate surface area is 95.1 Å². The van der Waals surface area contributed by atoms with E-state index in [1.807, 2.05) is 0 Å². The lowest BCUT2D eigenvalue weighted by Gasteiger charge is -2.31. The summed E-state index contributed by atoms with van der Waals surface area (Å²) < 4.78 is 105. The highest BCUT2D eigenvalue weighted by Gasteiger charge is 2.83. The molecule has 0 bridgehead atoms. The van der Waals surface area contributed by atoms with Crippen LogP contribution in [-0.2, 0) is 4.79 Å². The summed E-state index contributed by atoms with van der Waals surface area (Å²) in [5.74, 6) is -20.0. The average molecular weight is 374 g/mol. The minimum atomic E-state index is -7.01. The Morgan fingerprint density at radius 2 is 1.06 bits per heavy atom. The molecule has 16 heavy (non-hydrogen) atoms. The Morgan fingerprint density at radius 1 is 0.750 bits per heavy atom. The third-order valence-electron chi connectivity index (χ3n) is 1.39. The molecule has 0 aliphatic heterocycles. The third-order valence-corrected chi connectivity index (χ3v) is 2.07. The smallest absolute Gasteiger partial charge is 0.281 e. The van der Waals surface area contributed by atoms with Crippen molar-refractivity contribution in [1.82, 2.24) is 0 Å². The molecule has 0 saturated carbocycles. The molecule has 0 aromatic rings. The van der Waals surface area contributed by atoms with E-state index in [1.54, 1.807) is 0 Å². The Kier molecular flexibility index (Phi) is 3.85. The molecule has 0 aromatic carbocycles. The first-order valence-electron chi connectivity index (χ1n) is 3.09. The van der Waals surface area contributed by atoms with Gasteiger partial charge in [0.1, 0.15) is 0 Å². The van der Waals surface area contributed by atoms with Crippen molar-refractivity contribution in [1.29, 1.82) is 0 Å². The summed E-state index contributed by atoms with van der Waals surface area (Å²) in [4.78, 5) is 9.94. The van der Waals surface area contributed by atoms with Crippen molar-refractivity contribution < 1.29 is 44.3 Å². The zero-order chi connectivity index (χ0) is 13.6. The first-order valence-corrected chi connectivity index (χ1v) is 4.17. The van der Waals surface area contributed by atoms with Crippen LogP contribution in [0, 0.1) is 0 Å². The fourth-order valence-electron chi connectivity index (χ4n) is 0.499. The quantitative estimate of drug-likeness (QED) is 0.421. The van der Waals surface area contributed by atoms with Crippen molar-refractivity contribution >= 4 is 26.4 Å². The number of hydrogen-bond acceptors (Lipinski definition) is 1. The van der Waals surface area contributed by atoms with Crippen LogP contribution in [0.15, 0.2) is 0 Å². The van der Waals surface area contributed by atoms with Crippen molar-refractivity contribution in [2.75, 3.05) is 0 Å². The molecule has 0 spiro atoms. The molecule has 0 aliphatic rings. The van der Waals surface area contributed by atoms with Gasteiger partial charge in [0, 0.05) is 22.6 Å². The SMILES string of the molecule is O=C(I)C(F)(F)C(F)(F)C(F)(F)C(F)(F)F. The van der Waals surface area contributed by atoms with Crippen LogP contribution in [0.2, 0.25) is 0 Å². The maximum Gasteiger partial charge on any atom is 0.460 e. The maximum absolute atomic E-state index is 12.3. The van der Waals surface area contributed by atoms with E-state index in [0.717, 1.165) is 0 Å². The van der Waals surface area contributed by atoms with Crippen LogP contribution in [0.4, 0.5) is 39.5 Å². The summed E-state index contributed by atoms with van der Waals surface area (Å²) in [5, 5.41) is 0. The van der Waals surface area contributed by atoms with Gasteiger partial charge in [-0.15, -0.1) is 0 Å². The monoisotopic (exact) mass is 374 g/mol. The number of hydrogen-bond donors (Lipinski definition) is 0. The van der Waals surface area contributed by atoms with Crippen molar-refractivity contribution in [3.05, 3.63) is 0 Å². The maximum atomic E-state index is 12.3. The van der Waals surface area contributed by atoms with E-state index >= 15 is 0 Å². The van der Waals surface area contributed by atoms with Gasteiger partial charge in [-0.05, 0) is 0 Å². The molecule has 0 amide bonds. The number of alkyl halides is 9. The minimum Gasteiger partial charge on any atom is -0.281 e. The van der Waals surface area contributed by atoms with Gasteiger partial charge in [0.15, 0.2) is 0 Å². The predicted octanol–water partition coefficient (Wildman–Crippen LogP) is 3.42. The standard InChI is InChI=1S/C5F9IO/c6-2(7,1(15)16)3(8,9)4(10,11)5(12,13)14. The summed E-state index contributed by atoms with van der Waals surface area (Å²) >= 11 is 0.00905. The largest absolute Gasteiger partial charge is 0.460 e. The van der Waals surface area contributed by atoms with Gasteiger partial charge in [-0.2, -0.15) is 39.5 Å². The highest BCUT2D eigenvalue weighted by molar-refractivity contribution is 14.1. The molecular weight excluding hydrogens is 374 g/mol. The average Bonchev–Trinajstić information content (AvgIpc) is 2.00. The highest BCUT2D eigenvalue weighted by Crippen LogP contribution is 2.53. The molecule has 0 aromatic heterocycles. The van der Waals surface area contributed by atoms with Gasteiger partial charge in [-0.25, -0.2) is 0 Å². The van der Waals surface area contributed by atoms with E-state index in [0.29, 0.717) is 0 Å². The normalized spacial score (nSPS) is 15.1. The lowest BCUT2D eigenvalue weighted by atomic mass is 10.1. The van der Waals surface area contributed by atoms with Crippen molar-refractivity contribution in [3.8, 4) is 0 Å². The Hall–Kier alpha value is -0.230. The highest BCUT2D eigenvalue weighted by atomic mass is 127. The fourth-order valence-corrected chi connectivity index (χ4v) is 0.837. The topological polar surface area (TPSA) is 17.1 Å². The van der Waals surface area contributed by atoms with Crippen molar-refractivity contribution in [2.24, 2.45) is 0 Å². The molecule has 0 aliphatic carbocycles. The zero-order valence-electron chi connectivity index (χ0n) is 6.69. The molecule has 11 heteroatoms. The van der Waals surface area contributed by atoms with Gasteiger partial charge in [0.05, 0.1) is 0 Å². The molecule has 0 unspecified atom stereocenters. The van der Waals surface area contributed by atoms with Crippen molar-refractivity contribution in [3.63, 3.8) is 0 Å². The molecule has 0 radical (unpaired) electrons. The molecule has 0 fully saturated rings. The minimum absolute atomic E-state index is 0.00905. The van der Waals surface area contributed by atoms with Gasteiger partial charge in [0.25, 0.3) is 3.79 Å². The molecular formula is C5F9IO. The van der Waals surface area contributed by atoms with Crippen molar-refractivity contribution in [2.45, 2.75) is 23.9 Å². The lowest BCUT2D eigenvalue weighted by Crippen LogP contribution is -2.62. The third kappa shape index (κ3) is 2.09. The molecule has 0 atom stereocenters. The van der Waals surface area contributed by atoms with Gasteiger partial charge < -0.3 is 0 Å². The van der Waals surface area contributed by atoms with Gasteiger partial charge in [0.2, 0.25) is 0 Å². The van der Waals surface area contributed by atoms with E-state index in [9.17, 15) is 44.3 Å². The van der Waals surface area contributed by atoms with Crippen LogP contribution >= 0.6 is 22.6 Å². The molecule has 0 rings (SSSR count). The second kappa shape index (κ2) is 3.91. The Balaban J connectivity index is 5.62. The Morgan fingerprint density at radius 3 is 1.25 bits per heavy atom. The molecule has 96 valence electrons. The lowest BCUT2D eigenvalue weighted by molar-refractivity contribution is -0.387. The van der Waals surface area contributed by atoms with E-state index in [4.69, 9.17) is 0 Å². The molecule has 1 nitrogen and oxygen atoms in total. The molecule has 0 N–H and O–H groups in total. The summed E-state index contributed by atoms with van der Waals surface area (Å²) in [6.07, 6.45) is -6.90. The summed E-state index contributed by atoms with van der Waals surface area (Å²) in [6, 6.07) is 0. The van der Waals surface area contributed by atoms with Gasteiger partial charge in [-0.1, -0.05) is 0 Å². The predicted molar refractivity (Wildman–Crippen MR) is 39.9 cm³/mol. The summed E-state index contributed by atoms with van der Waals surface area (Å²) in [5.41, 5.74) is 0. The van der Waals surface area contributed by atoms with Crippen LogP contribution in [0.25, 0.3) is 0 Å². The number of rotatable bonds is 3. The van der Waals surface area contributed by atoms with Gasteiger partial charge >= 0.3 is 23.9 Å². The van der Waals surface area contributed by atoms with Crippen LogP contribution < -0.4 is 0 Å². The second-order valence-corrected chi connectivity index (χ2v) is 3.47. The first kappa shape index (κ1) is 15.8. The summed E-state index contributed by atoms with van der Waals surface area (Å²) in [6.45, 7) is 0. The summed E-state index contributed by atoms with van der Waals surface area (Å²) in [7, 11) is 0. The zero-order valence-corrected chi connectivity index (χ0v) is 8.85. The number of carbonyl (C=O) groups is 1. The van der Waals surface area contributed by atoms with Crippen LogP contribution in [0.3, 0.4) is 0 Å². The number of halogens is 10.